The van der Waals surface area contributed by atoms with Crippen LogP contribution in [0.25, 0.3) is 10.8 Å². The third-order valence-corrected chi connectivity index (χ3v) is 4.64. The molecule has 0 radical (unpaired) electrons. The molecule has 0 aromatic heterocycles. The number of hydrogen-bond donors (Lipinski definition) is 3. The molecule has 0 aliphatic rings. The minimum Gasteiger partial charge on any atom is -0.489 e. The lowest BCUT2D eigenvalue weighted by molar-refractivity contribution is -0.384. The van der Waals surface area contributed by atoms with Crippen LogP contribution in [0.15, 0.2) is 60.7 Å². The number of ether oxygens (including phenoxy) is 1. The molecule has 31 heavy (non-hydrogen) atoms. The number of fused-ring (bicyclic) bond motifs is 1. The van der Waals surface area contributed by atoms with Crippen molar-refractivity contribution in [3.8, 4) is 5.75 Å². The topological polar surface area (TPSA) is 114 Å². The molecule has 0 saturated carbocycles. The molecule has 1 unspecified atom stereocenters. The zero-order valence-electron chi connectivity index (χ0n) is 17.4. The number of carbonyl (C=O) groups excluding carboxylic acids is 1. The third kappa shape index (κ3) is 5.78. The molecule has 0 fully saturated rings. The maximum Gasteiger partial charge on any atom is 0.269 e. The Labute approximate surface area is 180 Å². The van der Waals surface area contributed by atoms with Crippen molar-refractivity contribution in [1.82, 2.24) is 5.32 Å². The SMILES string of the molecule is CC(C)NCC(O)COc1c(C(=O)Nc2ccc([N+](=O)[O-])cc2)ccc2ccccc12. The summed E-state index contributed by atoms with van der Waals surface area (Å²) in [6, 6.07) is 16.8. The van der Waals surface area contributed by atoms with Gasteiger partial charge in [-0.1, -0.05) is 44.2 Å². The average Bonchev–Trinajstić information content (AvgIpc) is 2.76. The predicted molar refractivity (Wildman–Crippen MR) is 120 cm³/mol. The first-order valence-corrected chi connectivity index (χ1v) is 9.97. The summed E-state index contributed by atoms with van der Waals surface area (Å²) in [5.74, 6) is -0.0366. The first kappa shape index (κ1) is 22.2. The Morgan fingerprint density at radius 2 is 1.81 bits per heavy atom. The summed E-state index contributed by atoms with van der Waals surface area (Å²) in [6.45, 7) is 4.36. The Balaban J connectivity index is 1.84. The van der Waals surface area contributed by atoms with Gasteiger partial charge in [-0.05, 0) is 23.6 Å². The highest BCUT2D eigenvalue weighted by Gasteiger charge is 2.18. The molecular weight excluding hydrogens is 398 g/mol. The van der Waals surface area contributed by atoms with Gasteiger partial charge in [0.2, 0.25) is 0 Å². The number of rotatable bonds is 9. The summed E-state index contributed by atoms with van der Waals surface area (Å²) in [6.07, 6.45) is -0.744. The average molecular weight is 423 g/mol. The number of non-ortho nitro benzene ring substituents is 1. The van der Waals surface area contributed by atoms with Crippen molar-refractivity contribution in [3.63, 3.8) is 0 Å². The number of nitro groups is 1. The number of nitrogens with zero attached hydrogens (tertiary/aromatic N) is 1. The van der Waals surface area contributed by atoms with E-state index in [2.05, 4.69) is 10.6 Å². The van der Waals surface area contributed by atoms with E-state index >= 15 is 0 Å². The molecule has 1 atom stereocenters. The number of anilines is 1. The van der Waals surface area contributed by atoms with Crippen molar-refractivity contribution in [1.29, 1.82) is 0 Å². The number of hydrogen-bond acceptors (Lipinski definition) is 6. The van der Waals surface area contributed by atoms with Crippen LogP contribution in [-0.4, -0.2) is 41.2 Å². The lowest BCUT2D eigenvalue weighted by Crippen LogP contribution is -2.35. The van der Waals surface area contributed by atoms with E-state index in [1.807, 2.05) is 44.2 Å². The van der Waals surface area contributed by atoms with Gasteiger partial charge in [0.05, 0.1) is 10.5 Å². The van der Waals surface area contributed by atoms with Crippen molar-refractivity contribution in [3.05, 3.63) is 76.3 Å². The smallest absolute Gasteiger partial charge is 0.269 e. The summed E-state index contributed by atoms with van der Waals surface area (Å²) in [5.41, 5.74) is 0.675. The van der Waals surface area contributed by atoms with E-state index in [0.29, 0.717) is 23.5 Å². The molecule has 3 aromatic carbocycles. The quantitative estimate of drug-likeness (QED) is 0.357. The summed E-state index contributed by atoms with van der Waals surface area (Å²) >= 11 is 0. The standard InChI is InChI=1S/C23H25N3O5/c1-15(2)24-13-19(27)14-31-22-20-6-4-3-5-16(20)7-12-21(22)23(28)25-17-8-10-18(11-9-17)26(29)30/h3-12,15,19,24,27H,13-14H2,1-2H3,(H,25,28). The molecule has 0 aliphatic heterocycles. The van der Waals surface area contributed by atoms with Crippen LogP contribution in [0.5, 0.6) is 5.75 Å². The van der Waals surface area contributed by atoms with E-state index < -0.39 is 16.9 Å². The Morgan fingerprint density at radius 3 is 2.48 bits per heavy atom. The molecule has 3 N–H and O–H groups in total. The van der Waals surface area contributed by atoms with Crippen LogP contribution >= 0.6 is 0 Å². The highest BCUT2D eigenvalue weighted by Crippen LogP contribution is 2.31. The first-order chi connectivity index (χ1) is 14.8. The second kappa shape index (κ2) is 10.0. The van der Waals surface area contributed by atoms with Crippen molar-refractivity contribution in [2.75, 3.05) is 18.5 Å². The van der Waals surface area contributed by atoms with E-state index in [4.69, 9.17) is 4.74 Å². The van der Waals surface area contributed by atoms with Crippen molar-refractivity contribution >= 4 is 28.1 Å². The van der Waals surface area contributed by atoms with Gasteiger partial charge in [-0.3, -0.25) is 14.9 Å². The van der Waals surface area contributed by atoms with Gasteiger partial charge in [0.25, 0.3) is 11.6 Å². The second-order valence-corrected chi connectivity index (χ2v) is 7.45. The summed E-state index contributed by atoms with van der Waals surface area (Å²) in [7, 11) is 0. The van der Waals surface area contributed by atoms with Gasteiger partial charge in [-0.15, -0.1) is 0 Å². The van der Waals surface area contributed by atoms with E-state index in [1.54, 1.807) is 6.07 Å². The number of nitro benzene ring substituents is 1. The first-order valence-electron chi connectivity index (χ1n) is 9.97. The van der Waals surface area contributed by atoms with Crippen LogP contribution < -0.4 is 15.4 Å². The fourth-order valence-corrected chi connectivity index (χ4v) is 3.05. The lowest BCUT2D eigenvalue weighted by Gasteiger charge is -2.18. The molecule has 0 bridgehead atoms. The van der Waals surface area contributed by atoms with Crippen molar-refractivity contribution in [2.45, 2.75) is 26.0 Å². The van der Waals surface area contributed by atoms with Crippen LogP contribution in [0, 0.1) is 10.1 Å². The van der Waals surface area contributed by atoms with Crippen molar-refractivity contribution in [2.24, 2.45) is 0 Å². The van der Waals surface area contributed by atoms with Gasteiger partial charge in [-0.2, -0.15) is 0 Å². The number of nitrogens with one attached hydrogen (secondary N) is 2. The van der Waals surface area contributed by atoms with Gasteiger partial charge < -0.3 is 20.5 Å². The highest BCUT2D eigenvalue weighted by atomic mass is 16.6. The molecule has 8 heteroatoms. The van der Waals surface area contributed by atoms with Crippen LogP contribution in [0.2, 0.25) is 0 Å². The fourth-order valence-electron chi connectivity index (χ4n) is 3.05. The van der Waals surface area contributed by atoms with Crippen LogP contribution in [0.1, 0.15) is 24.2 Å². The van der Waals surface area contributed by atoms with E-state index in [9.17, 15) is 20.0 Å². The maximum absolute atomic E-state index is 13.0. The number of carbonyl (C=O) groups is 1. The zero-order valence-corrected chi connectivity index (χ0v) is 17.4. The molecule has 1 amide bonds. The minimum absolute atomic E-state index is 0.0194. The molecule has 0 heterocycles. The Morgan fingerprint density at radius 1 is 1.10 bits per heavy atom. The largest absolute Gasteiger partial charge is 0.489 e. The van der Waals surface area contributed by atoms with Gasteiger partial charge >= 0.3 is 0 Å². The molecule has 8 nitrogen and oxygen atoms in total. The molecule has 0 saturated heterocycles. The number of aliphatic hydroxyl groups excluding tert-OH is 1. The molecular formula is C23H25N3O5. The second-order valence-electron chi connectivity index (χ2n) is 7.45. The van der Waals surface area contributed by atoms with Gasteiger partial charge in [0.15, 0.2) is 0 Å². The van der Waals surface area contributed by atoms with Gasteiger partial charge in [-0.25, -0.2) is 0 Å². The minimum atomic E-state index is -0.744. The highest BCUT2D eigenvalue weighted by molar-refractivity contribution is 6.10. The monoisotopic (exact) mass is 423 g/mol. The predicted octanol–water partition coefficient (Wildman–Crippen LogP) is 3.74. The van der Waals surface area contributed by atoms with E-state index in [1.165, 1.54) is 24.3 Å². The van der Waals surface area contributed by atoms with E-state index in [-0.39, 0.29) is 18.3 Å². The third-order valence-electron chi connectivity index (χ3n) is 4.64. The normalized spacial score (nSPS) is 12.0. The fraction of sp³-hybridized carbons (Fsp3) is 0.261. The number of benzene rings is 3. The number of amides is 1. The van der Waals surface area contributed by atoms with Gasteiger partial charge in [0.1, 0.15) is 18.5 Å². The Hall–Kier alpha value is -3.49. The molecule has 3 aromatic rings. The maximum atomic E-state index is 13.0. The van der Waals surface area contributed by atoms with Crippen molar-refractivity contribution < 1.29 is 19.6 Å². The van der Waals surface area contributed by atoms with Gasteiger partial charge in [0, 0.05) is 35.8 Å². The van der Waals surface area contributed by atoms with Crippen LogP contribution in [-0.2, 0) is 0 Å². The molecule has 162 valence electrons. The lowest BCUT2D eigenvalue weighted by atomic mass is 10.0. The van der Waals surface area contributed by atoms with Crippen LogP contribution in [0.3, 0.4) is 0 Å². The summed E-state index contributed by atoms with van der Waals surface area (Å²) < 4.78 is 5.91. The zero-order chi connectivity index (χ0) is 22.4. The molecule has 0 aliphatic carbocycles. The molecule has 3 rings (SSSR count). The number of aliphatic hydroxyl groups is 1. The Bertz CT molecular complexity index is 1070. The Kier molecular flexibility index (Phi) is 7.17. The molecule has 0 spiro atoms. The summed E-state index contributed by atoms with van der Waals surface area (Å²) in [4.78, 5) is 23.3. The van der Waals surface area contributed by atoms with E-state index in [0.717, 1.165) is 10.8 Å². The van der Waals surface area contributed by atoms with Crippen LogP contribution in [0.4, 0.5) is 11.4 Å². The summed E-state index contributed by atoms with van der Waals surface area (Å²) in [5, 5.41) is 28.6.